The van der Waals surface area contributed by atoms with Gasteiger partial charge in [0.1, 0.15) is 5.82 Å². The quantitative estimate of drug-likeness (QED) is 0.736. The molecular formula is C7H14N4S. The van der Waals surface area contributed by atoms with Crippen LogP contribution in [0.1, 0.15) is 19.2 Å². The van der Waals surface area contributed by atoms with E-state index in [2.05, 4.69) is 21.6 Å². The predicted octanol–water partition coefficient (Wildman–Crippen LogP) is 0.996. The second-order valence-corrected chi connectivity index (χ2v) is 3.45. The van der Waals surface area contributed by atoms with Crippen LogP contribution in [-0.4, -0.2) is 21.9 Å². The lowest BCUT2D eigenvalue weighted by Gasteiger charge is -2.07. The van der Waals surface area contributed by atoms with E-state index in [4.69, 9.17) is 5.73 Å². The Morgan fingerprint density at radius 1 is 1.67 bits per heavy atom. The first-order valence-electron chi connectivity index (χ1n) is 4.02. The maximum absolute atomic E-state index is 5.72. The van der Waals surface area contributed by atoms with Crippen LogP contribution in [0, 0.1) is 6.92 Å². The highest BCUT2D eigenvalue weighted by atomic mass is 32.1. The fourth-order valence-electron chi connectivity index (χ4n) is 0.732. The van der Waals surface area contributed by atoms with Gasteiger partial charge in [0, 0.05) is 24.1 Å². The molecule has 1 rings (SSSR count). The highest BCUT2D eigenvalue weighted by molar-refractivity contribution is 7.09. The summed E-state index contributed by atoms with van der Waals surface area (Å²) in [4.78, 5) is 4.16. The Kier molecular flexibility index (Phi) is 3.43. The van der Waals surface area contributed by atoms with Crippen LogP contribution in [0.5, 0.6) is 0 Å². The van der Waals surface area contributed by atoms with Crippen LogP contribution in [-0.2, 0) is 0 Å². The van der Waals surface area contributed by atoms with Crippen LogP contribution in [0.25, 0.3) is 0 Å². The molecule has 5 heteroatoms. The van der Waals surface area contributed by atoms with Crippen molar-refractivity contribution in [3.8, 4) is 0 Å². The minimum absolute atomic E-state index is 0.203. The molecule has 1 aromatic heterocycles. The van der Waals surface area contributed by atoms with Crippen molar-refractivity contribution in [2.24, 2.45) is 5.73 Å². The predicted molar refractivity (Wildman–Crippen MR) is 51.4 cm³/mol. The zero-order valence-electron chi connectivity index (χ0n) is 7.37. The SMILES string of the molecule is CCC(N)CNc1nc(C)ns1. The highest BCUT2D eigenvalue weighted by Crippen LogP contribution is 2.09. The summed E-state index contributed by atoms with van der Waals surface area (Å²) in [7, 11) is 0. The first-order chi connectivity index (χ1) is 5.72. The Morgan fingerprint density at radius 2 is 2.42 bits per heavy atom. The Morgan fingerprint density at radius 3 is 2.92 bits per heavy atom. The molecule has 1 heterocycles. The van der Waals surface area contributed by atoms with Crippen molar-refractivity contribution < 1.29 is 0 Å². The third-order valence-electron chi connectivity index (χ3n) is 1.57. The van der Waals surface area contributed by atoms with Gasteiger partial charge in [-0.3, -0.25) is 0 Å². The summed E-state index contributed by atoms with van der Waals surface area (Å²) < 4.78 is 4.05. The molecule has 0 radical (unpaired) electrons. The minimum atomic E-state index is 0.203. The topological polar surface area (TPSA) is 63.8 Å². The van der Waals surface area contributed by atoms with Gasteiger partial charge >= 0.3 is 0 Å². The zero-order valence-corrected chi connectivity index (χ0v) is 8.19. The lowest BCUT2D eigenvalue weighted by molar-refractivity contribution is 0.679. The van der Waals surface area contributed by atoms with Gasteiger partial charge in [0.05, 0.1) is 0 Å². The van der Waals surface area contributed by atoms with Crippen molar-refractivity contribution in [1.82, 2.24) is 9.36 Å². The molecule has 0 saturated heterocycles. The van der Waals surface area contributed by atoms with Gasteiger partial charge in [-0.1, -0.05) is 6.92 Å². The first-order valence-corrected chi connectivity index (χ1v) is 4.79. The molecule has 0 spiro atoms. The molecule has 1 aromatic rings. The zero-order chi connectivity index (χ0) is 8.97. The molecule has 1 atom stereocenters. The average molecular weight is 186 g/mol. The molecule has 12 heavy (non-hydrogen) atoms. The van der Waals surface area contributed by atoms with Gasteiger partial charge in [-0.15, -0.1) is 0 Å². The molecule has 4 nitrogen and oxygen atoms in total. The van der Waals surface area contributed by atoms with Crippen molar-refractivity contribution in [3.63, 3.8) is 0 Å². The minimum Gasteiger partial charge on any atom is -0.359 e. The summed E-state index contributed by atoms with van der Waals surface area (Å²) in [5.74, 6) is 0.813. The second-order valence-electron chi connectivity index (χ2n) is 2.70. The van der Waals surface area contributed by atoms with E-state index in [1.54, 1.807) is 0 Å². The van der Waals surface area contributed by atoms with Gasteiger partial charge in [0.15, 0.2) is 0 Å². The highest BCUT2D eigenvalue weighted by Gasteiger charge is 2.01. The number of nitrogens with two attached hydrogens (primary N) is 1. The number of aryl methyl sites for hydroxylation is 1. The molecule has 0 fully saturated rings. The maximum Gasteiger partial charge on any atom is 0.202 e. The summed E-state index contributed by atoms with van der Waals surface area (Å²) >= 11 is 1.37. The van der Waals surface area contributed by atoms with Crippen molar-refractivity contribution in [2.45, 2.75) is 26.3 Å². The normalized spacial score (nSPS) is 12.9. The Balaban J connectivity index is 2.33. The van der Waals surface area contributed by atoms with Crippen molar-refractivity contribution in [1.29, 1.82) is 0 Å². The second kappa shape index (κ2) is 4.37. The van der Waals surface area contributed by atoms with E-state index in [9.17, 15) is 0 Å². The summed E-state index contributed by atoms with van der Waals surface area (Å²) in [6.45, 7) is 4.71. The van der Waals surface area contributed by atoms with Crippen molar-refractivity contribution in [3.05, 3.63) is 5.82 Å². The van der Waals surface area contributed by atoms with Gasteiger partial charge in [-0.2, -0.15) is 4.37 Å². The summed E-state index contributed by atoms with van der Waals surface area (Å²) in [5, 5.41) is 3.99. The third-order valence-corrected chi connectivity index (χ3v) is 2.33. The van der Waals surface area contributed by atoms with E-state index in [1.807, 2.05) is 6.92 Å². The molecule has 0 aliphatic rings. The van der Waals surface area contributed by atoms with Crippen LogP contribution in [0.4, 0.5) is 5.13 Å². The Bertz CT molecular complexity index is 235. The molecule has 0 amide bonds. The van der Waals surface area contributed by atoms with Crippen molar-refractivity contribution in [2.75, 3.05) is 11.9 Å². The summed E-state index contributed by atoms with van der Waals surface area (Å²) in [6.07, 6.45) is 0.977. The van der Waals surface area contributed by atoms with Crippen LogP contribution in [0.3, 0.4) is 0 Å². The number of hydrogen-bond acceptors (Lipinski definition) is 5. The van der Waals surface area contributed by atoms with Gasteiger partial charge in [0.25, 0.3) is 0 Å². The largest absolute Gasteiger partial charge is 0.359 e. The van der Waals surface area contributed by atoms with E-state index >= 15 is 0 Å². The van der Waals surface area contributed by atoms with Crippen LogP contribution in [0.2, 0.25) is 0 Å². The molecule has 0 aromatic carbocycles. The van der Waals surface area contributed by atoms with E-state index < -0.39 is 0 Å². The summed E-state index contributed by atoms with van der Waals surface area (Å²) in [6, 6.07) is 0.203. The number of hydrogen-bond donors (Lipinski definition) is 2. The molecule has 3 N–H and O–H groups in total. The standard InChI is InChI=1S/C7H14N4S/c1-3-6(8)4-9-7-10-5(2)11-12-7/h6H,3-4,8H2,1-2H3,(H,9,10,11). The monoisotopic (exact) mass is 186 g/mol. The molecule has 1 unspecified atom stereocenters. The number of anilines is 1. The number of rotatable bonds is 4. The molecule has 0 saturated carbocycles. The van der Waals surface area contributed by atoms with E-state index in [0.29, 0.717) is 0 Å². The Labute approximate surface area is 76.4 Å². The van der Waals surface area contributed by atoms with Crippen LogP contribution < -0.4 is 11.1 Å². The van der Waals surface area contributed by atoms with Crippen LogP contribution in [0.15, 0.2) is 0 Å². The third kappa shape index (κ3) is 2.75. The van der Waals surface area contributed by atoms with E-state index in [0.717, 1.165) is 23.9 Å². The first kappa shape index (κ1) is 9.41. The maximum atomic E-state index is 5.72. The Hall–Kier alpha value is -0.680. The lowest BCUT2D eigenvalue weighted by atomic mass is 10.2. The van der Waals surface area contributed by atoms with E-state index in [-0.39, 0.29) is 6.04 Å². The molecule has 0 aliphatic carbocycles. The molecular weight excluding hydrogens is 172 g/mol. The van der Waals surface area contributed by atoms with Gasteiger partial charge < -0.3 is 11.1 Å². The van der Waals surface area contributed by atoms with Crippen molar-refractivity contribution >= 4 is 16.7 Å². The summed E-state index contributed by atoms with van der Waals surface area (Å²) in [5.41, 5.74) is 5.72. The molecule has 0 bridgehead atoms. The number of nitrogens with one attached hydrogen (secondary N) is 1. The number of nitrogens with zero attached hydrogens (tertiary/aromatic N) is 2. The van der Waals surface area contributed by atoms with Gasteiger partial charge in [0.2, 0.25) is 5.13 Å². The molecule has 68 valence electrons. The van der Waals surface area contributed by atoms with E-state index in [1.165, 1.54) is 11.5 Å². The van der Waals surface area contributed by atoms with Crippen LogP contribution >= 0.6 is 11.5 Å². The van der Waals surface area contributed by atoms with Gasteiger partial charge in [-0.05, 0) is 13.3 Å². The smallest absolute Gasteiger partial charge is 0.202 e. The lowest BCUT2D eigenvalue weighted by Crippen LogP contribution is -2.27. The fourth-order valence-corrected chi connectivity index (χ4v) is 1.31. The number of aromatic nitrogens is 2. The molecule has 0 aliphatic heterocycles. The fraction of sp³-hybridized carbons (Fsp3) is 0.714. The average Bonchev–Trinajstić information content (AvgIpc) is 2.47. The van der Waals surface area contributed by atoms with Gasteiger partial charge in [-0.25, -0.2) is 4.98 Å².